The summed E-state index contributed by atoms with van der Waals surface area (Å²) in [4.78, 5) is 0. The Kier molecular flexibility index (Phi) is 2.68. The number of rotatable bonds is 2. The SMILES string of the molecule is Cc1ccc(N)c(C)c1NS(N)(=O)=O. The van der Waals surface area contributed by atoms with Crippen molar-refractivity contribution in [3.05, 3.63) is 23.3 Å². The molecule has 1 aromatic rings. The molecule has 0 heterocycles. The Morgan fingerprint density at radius 1 is 1.29 bits per heavy atom. The summed E-state index contributed by atoms with van der Waals surface area (Å²) in [6.07, 6.45) is 0. The zero-order valence-electron chi connectivity index (χ0n) is 8.03. The fourth-order valence-corrected chi connectivity index (χ4v) is 1.76. The van der Waals surface area contributed by atoms with E-state index in [0.29, 0.717) is 16.9 Å². The molecule has 1 rings (SSSR count). The normalized spacial score (nSPS) is 11.4. The summed E-state index contributed by atoms with van der Waals surface area (Å²) in [5, 5.41) is 4.88. The molecule has 0 spiro atoms. The molecule has 0 amide bonds. The average Bonchev–Trinajstić information content (AvgIpc) is 2.04. The molecule has 5 nitrogen and oxygen atoms in total. The van der Waals surface area contributed by atoms with Gasteiger partial charge >= 0.3 is 0 Å². The summed E-state index contributed by atoms with van der Waals surface area (Å²) >= 11 is 0. The van der Waals surface area contributed by atoms with Crippen LogP contribution in [0.3, 0.4) is 0 Å². The van der Waals surface area contributed by atoms with Gasteiger partial charge in [0.05, 0.1) is 5.69 Å². The van der Waals surface area contributed by atoms with Gasteiger partial charge in [0, 0.05) is 5.69 Å². The van der Waals surface area contributed by atoms with Crippen molar-refractivity contribution in [2.45, 2.75) is 13.8 Å². The zero-order chi connectivity index (χ0) is 10.9. The van der Waals surface area contributed by atoms with Crippen LogP contribution in [0.1, 0.15) is 11.1 Å². The molecule has 5 N–H and O–H groups in total. The first-order chi connectivity index (χ1) is 6.31. The molecular formula is C8H13N3O2S. The van der Waals surface area contributed by atoms with Crippen LogP contribution in [0.2, 0.25) is 0 Å². The Bertz CT molecular complexity index is 454. The van der Waals surface area contributed by atoms with Gasteiger partial charge in [0.15, 0.2) is 0 Å². The second-order valence-corrected chi connectivity index (χ2v) is 4.41. The molecule has 0 aliphatic rings. The van der Waals surface area contributed by atoms with Crippen molar-refractivity contribution < 1.29 is 8.42 Å². The van der Waals surface area contributed by atoms with Crippen molar-refractivity contribution >= 4 is 21.6 Å². The van der Waals surface area contributed by atoms with E-state index in [1.165, 1.54) is 0 Å². The van der Waals surface area contributed by atoms with Gasteiger partial charge in [0.1, 0.15) is 0 Å². The van der Waals surface area contributed by atoms with E-state index in [1.807, 2.05) is 0 Å². The molecular weight excluding hydrogens is 202 g/mol. The highest BCUT2D eigenvalue weighted by atomic mass is 32.2. The van der Waals surface area contributed by atoms with Crippen LogP contribution in [-0.2, 0) is 10.2 Å². The standard InChI is InChI=1S/C8H13N3O2S/c1-5-3-4-7(9)6(2)8(5)11-14(10,12)13/h3-4,11H,9H2,1-2H3,(H2,10,12,13). The molecule has 1 aromatic carbocycles. The molecule has 0 aromatic heterocycles. The van der Waals surface area contributed by atoms with Gasteiger partial charge in [-0.05, 0) is 31.0 Å². The fourth-order valence-electron chi connectivity index (χ4n) is 1.16. The summed E-state index contributed by atoms with van der Waals surface area (Å²) in [7, 11) is -3.74. The van der Waals surface area contributed by atoms with Gasteiger partial charge in [-0.25, -0.2) is 5.14 Å². The maximum absolute atomic E-state index is 10.8. The number of nitrogens with one attached hydrogen (secondary N) is 1. The van der Waals surface area contributed by atoms with Gasteiger partial charge in [-0.15, -0.1) is 0 Å². The summed E-state index contributed by atoms with van der Waals surface area (Å²) in [6, 6.07) is 3.45. The molecule has 0 atom stereocenters. The minimum absolute atomic E-state index is 0.451. The van der Waals surface area contributed by atoms with Crippen molar-refractivity contribution in [1.29, 1.82) is 0 Å². The molecule has 0 saturated carbocycles. The van der Waals surface area contributed by atoms with Crippen molar-refractivity contribution in [2.24, 2.45) is 5.14 Å². The molecule has 78 valence electrons. The number of aryl methyl sites for hydroxylation is 1. The van der Waals surface area contributed by atoms with Gasteiger partial charge < -0.3 is 5.73 Å². The summed E-state index contributed by atoms with van der Waals surface area (Å²) < 4.78 is 23.9. The lowest BCUT2D eigenvalue weighted by Crippen LogP contribution is -2.23. The lowest BCUT2D eigenvalue weighted by Gasteiger charge is -2.12. The second-order valence-electron chi connectivity index (χ2n) is 3.12. The zero-order valence-corrected chi connectivity index (χ0v) is 8.85. The summed E-state index contributed by atoms with van der Waals surface area (Å²) in [5.41, 5.74) is 8.08. The van der Waals surface area contributed by atoms with E-state index in [-0.39, 0.29) is 0 Å². The lowest BCUT2D eigenvalue weighted by molar-refractivity contribution is 0.603. The summed E-state index contributed by atoms with van der Waals surface area (Å²) in [5.74, 6) is 0. The molecule has 0 unspecified atom stereocenters. The van der Waals surface area contributed by atoms with Crippen molar-refractivity contribution in [3.63, 3.8) is 0 Å². The first-order valence-corrected chi connectivity index (χ1v) is 5.52. The Morgan fingerprint density at radius 3 is 2.36 bits per heavy atom. The van der Waals surface area contributed by atoms with Crippen LogP contribution >= 0.6 is 0 Å². The van der Waals surface area contributed by atoms with E-state index in [4.69, 9.17) is 10.9 Å². The highest BCUT2D eigenvalue weighted by Gasteiger charge is 2.09. The van der Waals surface area contributed by atoms with Gasteiger partial charge in [-0.2, -0.15) is 8.42 Å². The Balaban J connectivity index is 3.27. The number of anilines is 2. The number of hydrogen-bond acceptors (Lipinski definition) is 3. The van der Waals surface area contributed by atoms with Crippen LogP contribution in [0, 0.1) is 13.8 Å². The minimum atomic E-state index is -3.74. The molecule has 0 aliphatic carbocycles. The van der Waals surface area contributed by atoms with E-state index in [0.717, 1.165) is 5.56 Å². The van der Waals surface area contributed by atoms with E-state index in [2.05, 4.69) is 4.72 Å². The topological polar surface area (TPSA) is 98.2 Å². The molecule has 0 bridgehead atoms. The molecule has 0 radical (unpaired) electrons. The number of hydrogen-bond donors (Lipinski definition) is 3. The third-order valence-corrected chi connectivity index (χ3v) is 2.45. The van der Waals surface area contributed by atoms with Gasteiger partial charge in [-0.3, -0.25) is 4.72 Å². The van der Waals surface area contributed by atoms with Crippen molar-refractivity contribution in [2.75, 3.05) is 10.5 Å². The van der Waals surface area contributed by atoms with Crippen LogP contribution in [0.15, 0.2) is 12.1 Å². The first-order valence-electron chi connectivity index (χ1n) is 3.97. The van der Waals surface area contributed by atoms with E-state index in [9.17, 15) is 8.42 Å². The number of benzene rings is 1. The molecule has 0 saturated heterocycles. The van der Waals surface area contributed by atoms with Crippen LogP contribution in [0.5, 0.6) is 0 Å². The predicted octanol–water partition coefficient (Wildman–Crippen LogP) is 0.501. The lowest BCUT2D eigenvalue weighted by atomic mass is 10.1. The van der Waals surface area contributed by atoms with Gasteiger partial charge in [-0.1, -0.05) is 6.07 Å². The van der Waals surface area contributed by atoms with Crippen molar-refractivity contribution in [3.8, 4) is 0 Å². The Morgan fingerprint density at radius 2 is 1.86 bits per heavy atom. The maximum Gasteiger partial charge on any atom is 0.296 e. The van der Waals surface area contributed by atoms with Gasteiger partial charge in [0.2, 0.25) is 0 Å². The Hall–Kier alpha value is -1.27. The monoisotopic (exact) mass is 215 g/mol. The van der Waals surface area contributed by atoms with Crippen LogP contribution in [0.4, 0.5) is 11.4 Å². The predicted molar refractivity (Wildman–Crippen MR) is 57.1 cm³/mol. The van der Waals surface area contributed by atoms with Crippen molar-refractivity contribution in [1.82, 2.24) is 0 Å². The first kappa shape index (κ1) is 10.8. The number of nitrogen functional groups attached to an aromatic ring is 1. The van der Waals surface area contributed by atoms with Crippen LogP contribution in [-0.4, -0.2) is 8.42 Å². The molecule has 14 heavy (non-hydrogen) atoms. The number of nitrogens with two attached hydrogens (primary N) is 2. The molecule has 6 heteroatoms. The highest BCUT2D eigenvalue weighted by molar-refractivity contribution is 7.90. The third kappa shape index (κ3) is 2.36. The average molecular weight is 215 g/mol. The smallest absolute Gasteiger partial charge is 0.296 e. The molecule has 0 fully saturated rings. The largest absolute Gasteiger partial charge is 0.398 e. The fraction of sp³-hybridized carbons (Fsp3) is 0.250. The van der Waals surface area contributed by atoms with Crippen LogP contribution < -0.4 is 15.6 Å². The quantitative estimate of drug-likeness (QED) is 0.626. The van der Waals surface area contributed by atoms with Crippen LogP contribution in [0.25, 0.3) is 0 Å². The second kappa shape index (κ2) is 3.47. The van der Waals surface area contributed by atoms with E-state index >= 15 is 0 Å². The maximum atomic E-state index is 10.8. The van der Waals surface area contributed by atoms with E-state index < -0.39 is 10.2 Å². The third-order valence-electron chi connectivity index (χ3n) is 1.96. The Labute approximate surface area is 83.3 Å². The molecule has 0 aliphatic heterocycles. The summed E-state index contributed by atoms with van der Waals surface area (Å²) in [6.45, 7) is 3.51. The minimum Gasteiger partial charge on any atom is -0.398 e. The highest BCUT2D eigenvalue weighted by Crippen LogP contribution is 2.25. The van der Waals surface area contributed by atoms with E-state index in [1.54, 1.807) is 26.0 Å². The van der Waals surface area contributed by atoms with Gasteiger partial charge in [0.25, 0.3) is 10.2 Å².